The molecule has 1 aromatic heterocycles. The standard InChI is InChI=1S/C22H30N4O3/c1-4-15(2)24-21(27)19-18-7-5-6-14-26(18)20(25-19)22(28)23-13-12-16-8-10-17(29-3)11-9-16/h8-11,15H,4-7,12-14H2,1-3H3,(H,23,28)(H,24,27). The van der Waals surface area contributed by atoms with Gasteiger partial charge in [-0.15, -0.1) is 0 Å². The summed E-state index contributed by atoms with van der Waals surface area (Å²) in [5.74, 6) is 0.722. The van der Waals surface area contributed by atoms with Crippen LogP contribution in [0.5, 0.6) is 5.75 Å². The van der Waals surface area contributed by atoms with Crippen molar-refractivity contribution in [3.63, 3.8) is 0 Å². The molecule has 0 saturated heterocycles. The minimum atomic E-state index is -0.232. The van der Waals surface area contributed by atoms with Crippen molar-refractivity contribution in [1.82, 2.24) is 20.2 Å². The third kappa shape index (κ3) is 4.96. The molecule has 0 aliphatic carbocycles. The van der Waals surface area contributed by atoms with Crippen molar-refractivity contribution in [2.24, 2.45) is 0 Å². The number of imidazole rings is 1. The first-order valence-corrected chi connectivity index (χ1v) is 10.3. The number of carbonyl (C=O) groups excluding carboxylic acids is 2. The Kier molecular flexibility index (Phi) is 6.90. The van der Waals surface area contributed by atoms with E-state index in [1.807, 2.05) is 42.7 Å². The predicted octanol–water partition coefficient (Wildman–Crippen LogP) is 2.73. The van der Waals surface area contributed by atoms with Crippen LogP contribution in [0.25, 0.3) is 0 Å². The highest BCUT2D eigenvalue weighted by Crippen LogP contribution is 2.21. The third-order valence-corrected chi connectivity index (χ3v) is 5.38. The molecule has 3 rings (SSSR count). The molecular weight excluding hydrogens is 368 g/mol. The lowest BCUT2D eigenvalue weighted by Gasteiger charge is -2.17. The van der Waals surface area contributed by atoms with E-state index in [9.17, 15) is 9.59 Å². The van der Waals surface area contributed by atoms with Gasteiger partial charge in [0.2, 0.25) is 0 Å². The van der Waals surface area contributed by atoms with Gasteiger partial charge < -0.3 is 19.9 Å². The Hall–Kier alpha value is -2.83. The smallest absolute Gasteiger partial charge is 0.287 e. The lowest BCUT2D eigenvalue weighted by Crippen LogP contribution is -2.33. The zero-order chi connectivity index (χ0) is 20.8. The van der Waals surface area contributed by atoms with Gasteiger partial charge in [0.1, 0.15) is 11.4 Å². The van der Waals surface area contributed by atoms with Gasteiger partial charge >= 0.3 is 0 Å². The molecular formula is C22H30N4O3. The molecule has 0 saturated carbocycles. The van der Waals surface area contributed by atoms with Gasteiger partial charge in [0.25, 0.3) is 11.8 Å². The van der Waals surface area contributed by atoms with E-state index in [-0.39, 0.29) is 17.9 Å². The molecule has 0 spiro atoms. The molecule has 1 aromatic carbocycles. The number of hydrogen-bond donors (Lipinski definition) is 2. The summed E-state index contributed by atoms with van der Waals surface area (Å²) in [6.07, 6.45) is 4.33. The number of nitrogens with one attached hydrogen (secondary N) is 2. The molecule has 0 bridgehead atoms. The van der Waals surface area contributed by atoms with Crippen molar-refractivity contribution in [3.8, 4) is 5.75 Å². The fourth-order valence-corrected chi connectivity index (χ4v) is 3.48. The fraction of sp³-hybridized carbons (Fsp3) is 0.500. The lowest BCUT2D eigenvalue weighted by atomic mass is 10.1. The SMILES string of the molecule is CCC(C)NC(=O)c1nc(C(=O)NCCc2ccc(OC)cc2)n2c1CCCC2. The highest BCUT2D eigenvalue weighted by atomic mass is 16.5. The van der Waals surface area contributed by atoms with Crippen molar-refractivity contribution in [1.29, 1.82) is 0 Å². The van der Waals surface area contributed by atoms with Crippen molar-refractivity contribution in [2.75, 3.05) is 13.7 Å². The topological polar surface area (TPSA) is 85.2 Å². The average molecular weight is 399 g/mol. The number of methoxy groups -OCH3 is 1. The number of amides is 2. The van der Waals surface area contributed by atoms with Crippen molar-refractivity contribution >= 4 is 11.8 Å². The highest BCUT2D eigenvalue weighted by molar-refractivity contribution is 5.97. The number of carbonyl (C=O) groups is 2. The van der Waals surface area contributed by atoms with Gasteiger partial charge in [-0.2, -0.15) is 0 Å². The molecule has 1 atom stereocenters. The molecule has 2 aromatic rings. The average Bonchev–Trinajstić information content (AvgIpc) is 3.14. The van der Waals surface area contributed by atoms with Crippen LogP contribution in [0.15, 0.2) is 24.3 Å². The minimum Gasteiger partial charge on any atom is -0.497 e. The molecule has 2 N–H and O–H groups in total. The van der Waals surface area contributed by atoms with Gasteiger partial charge in [-0.25, -0.2) is 4.98 Å². The van der Waals surface area contributed by atoms with Crippen LogP contribution >= 0.6 is 0 Å². The Bertz CT molecular complexity index is 858. The summed E-state index contributed by atoms with van der Waals surface area (Å²) in [6.45, 7) is 5.21. The van der Waals surface area contributed by atoms with E-state index >= 15 is 0 Å². The summed E-state index contributed by atoms with van der Waals surface area (Å²) in [5.41, 5.74) is 2.38. The zero-order valence-corrected chi connectivity index (χ0v) is 17.5. The zero-order valence-electron chi connectivity index (χ0n) is 17.5. The first-order valence-electron chi connectivity index (χ1n) is 10.3. The molecule has 1 unspecified atom stereocenters. The van der Waals surface area contributed by atoms with E-state index in [0.717, 1.165) is 49.2 Å². The summed E-state index contributed by atoms with van der Waals surface area (Å²) < 4.78 is 7.08. The third-order valence-electron chi connectivity index (χ3n) is 5.38. The first-order chi connectivity index (χ1) is 14.0. The number of hydrogen-bond acceptors (Lipinski definition) is 4. The number of aromatic nitrogens is 2. The van der Waals surface area contributed by atoms with Crippen LogP contribution in [0.2, 0.25) is 0 Å². The van der Waals surface area contributed by atoms with Crippen LogP contribution in [-0.4, -0.2) is 41.1 Å². The van der Waals surface area contributed by atoms with E-state index in [4.69, 9.17) is 4.74 Å². The van der Waals surface area contributed by atoms with E-state index in [1.54, 1.807) is 7.11 Å². The maximum absolute atomic E-state index is 12.8. The molecule has 7 heteroatoms. The van der Waals surface area contributed by atoms with Gasteiger partial charge in [0.05, 0.1) is 12.8 Å². The van der Waals surface area contributed by atoms with Crippen molar-refractivity contribution in [2.45, 2.75) is 58.5 Å². The van der Waals surface area contributed by atoms with Crippen LogP contribution in [0.1, 0.15) is 65.5 Å². The fourth-order valence-electron chi connectivity index (χ4n) is 3.48. The maximum atomic E-state index is 12.8. The van der Waals surface area contributed by atoms with E-state index < -0.39 is 0 Å². The maximum Gasteiger partial charge on any atom is 0.287 e. The largest absolute Gasteiger partial charge is 0.497 e. The molecule has 2 heterocycles. The molecule has 1 aliphatic rings. The summed E-state index contributed by atoms with van der Waals surface area (Å²) in [7, 11) is 1.64. The Labute approximate surface area is 171 Å². The van der Waals surface area contributed by atoms with Crippen LogP contribution in [0.4, 0.5) is 0 Å². The summed E-state index contributed by atoms with van der Waals surface area (Å²) in [5, 5.41) is 5.91. The highest BCUT2D eigenvalue weighted by Gasteiger charge is 2.27. The second-order valence-electron chi connectivity index (χ2n) is 7.48. The number of ether oxygens (including phenoxy) is 1. The molecule has 0 fully saturated rings. The second kappa shape index (κ2) is 9.58. The van der Waals surface area contributed by atoms with Crippen molar-refractivity contribution in [3.05, 3.63) is 47.0 Å². The number of benzene rings is 1. The lowest BCUT2D eigenvalue weighted by molar-refractivity contribution is 0.0933. The van der Waals surface area contributed by atoms with Crippen LogP contribution in [-0.2, 0) is 19.4 Å². The number of fused-ring (bicyclic) bond motifs is 1. The first kappa shape index (κ1) is 20.9. The summed E-state index contributed by atoms with van der Waals surface area (Å²) >= 11 is 0. The molecule has 0 radical (unpaired) electrons. The van der Waals surface area contributed by atoms with Crippen molar-refractivity contribution < 1.29 is 14.3 Å². The Morgan fingerprint density at radius 1 is 1.21 bits per heavy atom. The summed E-state index contributed by atoms with van der Waals surface area (Å²) in [4.78, 5) is 29.9. The number of nitrogens with zero attached hydrogens (tertiary/aromatic N) is 2. The monoisotopic (exact) mass is 398 g/mol. The second-order valence-corrected chi connectivity index (χ2v) is 7.48. The van der Waals surface area contributed by atoms with Gasteiger partial charge in [0, 0.05) is 19.1 Å². The van der Waals surface area contributed by atoms with E-state index in [2.05, 4.69) is 15.6 Å². The van der Waals surface area contributed by atoms with Crippen LogP contribution < -0.4 is 15.4 Å². The van der Waals surface area contributed by atoms with Crippen LogP contribution in [0, 0.1) is 0 Å². The normalized spacial score (nSPS) is 14.0. The molecule has 1 aliphatic heterocycles. The van der Waals surface area contributed by atoms with E-state index in [0.29, 0.717) is 24.5 Å². The Morgan fingerprint density at radius 2 is 1.97 bits per heavy atom. The molecule has 7 nitrogen and oxygen atoms in total. The van der Waals surface area contributed by atoms with Crippen LogP contribution in [0.3, 0.4) is 0 Å². The van der Waals surface area contributed by atoms with Gasteiger partial charge in [-0.1, -0.05) is 19.1 Å². The Balaban J connectivity index is 1.68. The van der Waals surface area contributed by atoms with Gasteiger partial charge in [-0.3, -0.25) is 9.59 Å². The summed E-state index contributed by atoms with van der Waals surface area (Å²) in [6, 6.07) is 7.86. The number of rotatable bonds is 8. The quantitative estimate of drug-likeness (QED) is 0.716. The van der Waals surface area contributed by atoms with Gasteiger partial charge in [-0.05, 0) is 56.7 Å². The van der Waals surface area contributed by atoms with Gasteiger partial charge in [0.15, 0.2) is 5.82 Å². The molecule has 2 amide bonds. The Morgan fingerprint density at radius 3 is 2.66 bits per heavy atom. The predicted molar refractivity (Wildman–Crippen MR) is 111 cm³/mol. The van der Waals surface area contributed by atoms with E-state index in [1.165, 1.54) is 0 Å². The minimum absolute atomic E-state index is 0.0743. The molecule has 29 heavy (non-hydrogen) atoms. The molecule has 156 valence electrons.